The standard InChI is InChI=1S/C4H8.C2H7N.2CH4/c1-4(2)3;1-3-2;;/h1H2,2-3H3;3H,1-2H3;2*1H4. The van der Waals surface area contributed by atoms with Crippen LogP contribution in [0.25, 0.3) is 0 Å². The Labute approximate surface area is 61.2 Å². The van der Waals surface area contributed by atoms with Gasteiger partial charge in [0.15, 0.2) is 0 Å². The average molecular weight is 133 g/mol. The maximum Gasteiger partial charge on any atom is -0.0167 e. The number of hydrogen-bond acceptors (Lipinski definition) is 1. The van der Waals surface area contributed by atoms with Crippen molar-refractivity contribution in [2.75, 3.05) is 14.1 Å². The lowest BCUT2D eigenvalue weighted by Gasteiger charge is -1.65. The molecule has 0 fully saturated rings. The van der Waals surface area contributed by atoms with Crippen molar-refractivity contribution >= 4 is 0 Å². The molecule has 1 N–H and O–H groups in total. The van der Waals surface area contributed by atoms with E-state index < -0.39 is 0 Å². The lowest BCUT2D eigenvalue weighted by atomic mass is 10.4. The van der Waals surface area contributed by atoms with Crippen molar-refractivity contribution in [2.24, 2.45) is 0 Å². The first-order valence-corrected chi connectivity index (χ1v) is 2.35. The van der Waals surface area contributed by atoms with Crippen LogP contribution >= 0.6 is 0 Å². The van der Waals surface area contributed by atoms with Gasteiger partial charge >= 0.3 is 0 Å². The van der Waals surface area contributed by atoms with Gasteiger partial charge in [0, 0.05) is 0 Å². The topological polar surface area (TPSA) is 12.0 Å². The molecule has 1 heteroatoms. The van der Waals surface area contributed by atoms with Gasteiger partial charge in [-0.25, -0.2) is 0 Å². The van der Waals surface area contributed by atoms with Gasteiger partial charge in [0.05, 0.1) is 0 Å². The summed E-state index contributed by atoms with van der Waals surface area (Å²) in [5.74, 6) is 0. The fourth-order valence-corrected chi connectivity index (χ4v) is 0. The lowest BCUT2D eigenvalue weighted by Crippen LogP contribution is -1.89. The number of nitrogens with one attached hydrogen (secondary N) is 1. The Bertz CT molecular complexity index is 35.8. The molecule has 0 spiro atoms. The van der Waals surface area contributed by atoms with E-state index in [1.54, 1.807) is 0 Å². The van der Waals surface area contributed by atoms with Crippen LogP contribution in [0.2, 0.25) is 0 Å². The zero-order valence-electron chi connectivity index (χ0n) is 5.71. The van der Waals surface area contributed by atoms with Gasteiger partial charge in [0.2, 0.25) is 0 Å². The van der Waals surface area contributed by atoms with Crippen LogP contribution in [0.15, 0.2) is 12.2 Å². The Morgan fingerprint density at radius 3 is 1.11 bits per heavy atom. The molecule has 0 unspecified atom stereocenters. The quantitative estimate of drug-likeness (QED) is 0.501. The molecule has 0 aliphatic heterocycles. The van der Waals surface area contributed by atoms with E-state index in [9.17, 15) is 0 Å². The molecule has 0 bridgehead atoms. The van der Waals surface area contributed by atoms with E-state index in [-0.39, 0.29) is 14.9 Å². The van der Waals surface area contributed by atoms with Gasteiger partial charge in [-0.2, -0.15) is 0 Å². The van der Waals surface area contributed by atoms with Crippen LogP contribution in [0.4, 0.5) is 0 Å². The molecule has 0 aliphatic rings. The highest BCUT2D eigenvalue weighted by atomic mass is 14.7. The highest BCUT2D eigenvalue weighted by molar-refractivity contribution is 4.78. The van der Waals surface area contributed by atoms with E-state index in [1.165, 1.54) is 5.57 Å². The summed E-state index contributed by atoms with van der Waals surface area (Å²) >= 11 is 0. The summed E-state index contributed by atoms with van der Waals surface area (Å²) < 4.78 is 0. The molecule has 0 heterocycles. The third-order valence-corrected chi connectivity index (χ3v) is 0. The monoisotopic (exact) mass is 133 g/mol. The minimum Gasteiger partial charge on any atom is -0.323 e. The average Bonchev–Trinajstić information content (AvgIpc) is 1.33. The molecule has 0 radical (unpaired) electrons. The summed E-state index contributed by atoms with van der Waals surface area (Å²) in [5, 5.41) is 2.75. The molecule has 0 aliphatic carbocycles. The molecule has 9 heavy (non-hydrogen) atoms. The SMILES string of the molecule is C.C.C=C(C)C.CNC. The predicted octanol–water partition coefficient (Wildman–Crippen LogP) is 2.69. The summed E-state index contributed by atoms with van der Waals surface area (Å²) in [6.07, 6.45) is 0. The summed E-state index contributed by atoms with van der Waals surface area (Å²) in [4.78, 5) is 0. The lowest BCUT2D eigenvalue weighted by molar-refractivity contribution is 1.02. The van der Waals surface area contributed by atoms with E-state index in [0.717, 1.165) is 0 Å². The van der Waals surface area contributed by atoms with E-state index >= 15 is 0 Å². The molecule has 0 aromatic heterocycles. The second-order valence-corrected chi connectivity index (χ2v) is 1.71. The number of rotatable bonds is 0. The smallest absolute Gasteiger partial charge is 0.0167 e. The van der Waals surface area contributed by atoms with Crippen molar-refractivity contribution in [2.45, 2.75) is 28.7 Å². The molecule has 60 valence electrons. The van der Waals surface area contributed by atoms with Crippen LogP contribution in [0.5, 0.6) is 0 Å². The summed E-state index contributed by atoms with van der Waals surface area (Å²) in [7, 11) is 3.75. The van der Waals surface area contributed by atoms with Crippen LogP contribution in [0.3, 0.4) is 0 Å². The Hall–Kier alpha value is -0.300. The zero-order chi connectivity index (χ0) is 6.28. The van der Waals surface area contributed by atoms with Crippen LogP contribution in [0.1, 0.15) is 28.7 Å². The van der Waals surface area contributed by atoms with E-state index in [1.807, 2.05) is 27.9 Å². The molecule has 0 saturated carbocycles. The number of allylic oxidation sites excluding steroid dienone is 1. The minimum atomic E-state index is 0. The second kappa shape index (κ2) is 25.2. The Morgan fingerprint density at radius 2 is 1.11 bits per heavy atom. The van der Waals surface area contributed by atoms with Crippen molar-refractivity contribution in [1.29, 1.82) is 0 Å². The van der Waals surface area contributed by atoms with Gasteiger partial charge in [0.25, 0.3) is 0 Å². The number of hydrogen-bond donors (Lipinski definition) is 1. The molecule has 0 aromatic carbocycles. The molecule has 0 atom stereocenters. The highest BCUT2D eigenvalue weighted by Gasteiger charge is 1.51. The third kappa shape index (κ3) is 2780. The molecule has 0 aromatic rings. The predicted molar refractivity (Wildman–Crippen MR) is 48.9 cm³/mol. The Balaban J connectivity index is -0.0000000233. The van der Waals surface area contributed by atoms with Gasteiger partial charge in [-0.3, -0.25) is 0 Å². The van der Waals surface area contributed by atoms with Crippen LogP contribution in [-0.4, -0.2) is 14.1 Å². The van der Waals surface area contributed by atoms with Crippen molar-refractivity contribution in [1.82, 2.24) is 5.32 Å². The van der Waals surface area contributed by atoms with Gasteiger partial charge in [-0.1, -0.05) is 20.4 Å². The zero-order valence-corrected chi connectivity index (χ0v) is 5.71. The summed E-state index contributed by atoms with van der Waals surface area (Å²) in [6.45, 7) is 7.50. The minimum absolute atomic E-state index is 0. The Morgan fingerprint density at radius 1 is 1.11 bits per heavy atom. The van der Waals surface area contributed by atoms with Crippen molar-refractivity contribution in [3.63, 3.8) is 0 Å². The molecular weight excluding hydrogens is 110 g/mol. The van der Waals surface area contributed by atoms with E-state index in [4.69, 9.17) is 0 Å². The molecule has 0 amide bonds. The highest BCUT2D eigenvalue weighted by Crippen LogP contribution is 1.73. The van der Waals surface area contributed by atoms with Crippen molar-refractivity contribution in [3.05, 3.63) is 12.2 Å². The van der Waals surface area contributed by atoms with E-state index in [0.29, 0.717) is 0 Å². The molecule has 1 nitrogen and oxygen atoms in total. The van der Waals surface area contributed by atoms with Crippen molar-refractivity contribution in [3.8, 4) is 0 Å². The Kier molecular flexibility index (Phi) is 65.5. The van der Waals surface area contributed by atoms with Crippen LogP contribution < -0.4 is 5.32 Å². The van der Waals surface area contributed by atoms with Gasteiger partial charge in [-0.15, -0.1) is 6.58 Å². The fourth-order valence-electron chi connectivity index (χ4n) is 0. The maximum absolute atomic E-state index is 3.56. The van der Waals surface area contributed by atoms with Gasteiger partial charge in [0.1, 0.15) is 0 Å². The molecule has 0 saturated heterocycles. The summed E-state index contributed by atoms with van der Waals surface area (Å²) in [5.41, 5.74) is 1.17. The summed E-state index contributed by atoms with van der Waals surface area (Å²) in [6, 6.07) is 0. The van der Waals surface area contributed by atoms with Crippen LogP contribution in [0, 0.1) is 0 Å². The van der Waals surface area contributed by atoms with Gasteiger partial charge in [-0.05, 0) is 27.9 Å². The maximum atomic E-state index is 3.56. The fraction of sp³-hybridized carbons (Fsp3) is 0.750. The normalized spacial score (nSPS) is 4.89. The van der Waals surface area contributed by atoms with Crippen LogP contribution in [-0.2, 0) is 0 Å². The first kappa shape index (κ1) is 23.4. The molecule has 0 rings (SSSR count). The second-order valence-electron chi connectivity index (χ2n) is 1.71. The van der Waals surface area contributed by atoms with Crippen molar-refractivity contribution < 1.29 is 0 Å². The van der Waals surface area contributed by atoms with Gasteiger partial charge < -0.3 is 5.32 Å². The first-order chi connectivity index (χ1) is 3.15. The van der Waals surface area contributed by atoms with E-state index in [2.05, 4.69) is 11.9 Å². The first-order valence-electron chi connectivity index (χ1n) is 2.35. The molecular formula is C8H23N. The third-order valence-electron chi connectivity index (χ3n) is 0. The largest absolute Gasteiger partial charge is 0.323 e.